The van der Waals surface area contributed by atoms with Gasteiger partial charge in [0.05, 0.1) is 29.2 Å². The molecule has 1 amide bonds. The third kappa shape index (κ3) is 3.88. The SMILES string of the molecule is NCC#Cc1cc(C(=O)NCc2ccncn2)cs1. The number of thiophene rings is 1. The zero-order valence-electron chi connectivity index (χ0n) is 10.1. The smallest absolute Gasteiger partial charge is 0.252 e. The Balaban J connectivity index is 1.95. The van der Waals surface area contributed by atoms with E-state index >= 15 is 0 Å². The Bertz CT molecular complexity index is 612. The standard InChI is InChI=1S/C13H12N4OS/c14-4-1-2-12-6-10(8-19-12)13(18)16-7-11-3-5-15-9-17-11/h3,5-6,8-9H,4,7,14H2,(H,16,18). The van der Waals surface area contributed by atoms with Crippen molar-refractivity contribution in [2.75, 3.05) is 6.54 Å². The number of carbonyl (C=O) groups is 1. The van der Waals surface area contributed by atoms with E-state index in [9.17, 15) is 4.79 Å². The Morgan fingerprint density at radius 3 is 3.16 bits per heavy atom. The first-order valence-electron chi connectivity index (χ1n) is 5.60. The van der Waals surface area contributed by atoms with Gasteiger partial charge in [0.2, 0.25) is 0 Å². The largest absolute Gasteiger partial charge is 0.346 e. The number of carbonyl (C=O) groups excluding carboxylic acids is 1. The Labute approximate surface area is 114 Å². The normalized spacial score (nSPS) is 9.53. The average molecular weight is 272 g/mol. The van der Waals surface area contributed by atoms with Gasteiger partial charge in [-0.1, -0.05) is 11.8 Å². The number of rotatable bonds is 3. The molecule has 5 nitrogen and oxygen atoms in total. The minimum atomic E-state index is -0.143. The van der Waals surface area contributed by atoms with Crippen LogP contribution in [0.5, 0.6) is 0 Å². The maximum Gasteiger partial charge on any atom is 0.252 e. The van der Waals surface area contributed by atoms with Crippen LogP contribution in [0.25, 0.3) is 0 Å². The molecule has 0 radical (unpaired) electrons. The first-order chi connectivity index (χ1) is 9.29. The van der Waals surface area contributed by atoms with Crippen LogP contribution in [0.1, 0.15) is 20.9 Å². The number of hydrogen-bond donors (Lipinski definition) is 2. The number of nitrogens with two attached hydrogens (primary N) is 1. The zero-order valence-corrected chi connectivity index (χ0v) is 10.9. The van der Waals surface area contributed by atoms with Gasteiger partial charge in [-0.05, 0) is 12.1 Å². The van der Waals surface area contributed by atoms with Crippen LogP contribution in [-0.4, -0.2) is 22.4 Å². The summed E-state index contributed by atoms with van der Waals surface area (Å²) >= 11 is 1.42. The molecule has 2 aromatic heterocycles. The molecule has 0 bridgehead atoms. The number of hydrogen-bond acceptors (Lipinski definition) is 5. The average Bonchev–Trinajstić information content (AvgIpc) is 2.92. The predicted octanol–water partition coefficient (Wildman–Crippen LogP) is 0.778. The molecule has 0 saturated carbocycles. The summed E-state index contributed by atoms with van der Waals surface area (Å²) in [6.07, 6.45) is 3.09. The molecule has 0 spiro atoms. The van der Waals surface area contributed by atoms with Crippen molar-refractivity contribution in [1.29, 1.82) is 0 Å². The van der Waals surface area contributed by atoms with E-state index in [0.29, 0.717) is 18.7 Å². The first kappa shape index (κ1) is 13.2. The molecule has 6 heteroatoms. The van der Waals surface area contributed by atoms with Gasteiger partial charge in [-0.2, -0.15) is 0 Å². The molecule has 0 fully saturated rings. The summed E-state index contributed by atoms with van der Waals surface area (Å²) in [5.41, 5.74) is 6.66. The van der Waals surface area contributed by atoms with Crippen LogP contribution in [0.15, 0.2) is 30.0 Å². The fraction of sp³-hybridized carbons (Fsp3) is 0.154. The molecule has 2 rings (SSSR count). The van der Waals surface area contributed by atoms with Gasteiger partial charge >= 0.3 is 0 Å². The van der Waals surface area contributed by atoms with Crippen molar-refractivity contribution in [3.05, 3.63) is 46.2 Å². The lowest BCUT2D eigenvalue weighted by Gasteiger charge is -2.02. The fourth-order valence-electron chi connectivity index (χ4n) is 1.35. The molecule has 0 unspecified atom stereocenters. The summed E-state index contributed by atoms with van der Waals surface area (Å²) in [4.78, 5) is 20.6. The van der Waals surface area contributed by atoms with Crippen molar-refractivity contribution < 1.29 is 4.79 Å². The minimum absolute atomic E-state index is 0.143. The number of nitrogens with zero attached hydrogens (tertiary/aromatic N) is 2. The topological polar surface area (TPSA) is 80.9 Å². The molecule has 3 N–H and O–H groups in total. The minimum Gasteiger partial charge on any atom is -0.346 e. The van der Waals surface area contributed by atoms with Crippen molar-refractivity contribution in [3.8, 4) is 11.8 Å². The Morgan fingerprint density at radius 1 is 1.53 bits per heavy atom. The maximum atomic E-state index is 11.9. The van der Waals surface area contributed by atoms with Gasteiger partial charge in [-0.3, -0.25) is 4.79 Å². The molecule has 2 aromatic rings. The van der Waals surface area contributed by atoms with Crippen molar-refractivity contribution in [1.82, 2.24) is 15.3 Å². The summed E-state index contributed by atoms with van der Waals surface area (Å²) in [5, 5.41) is 4.56. The quantitative estimate of drug-likeness (QED) is 0.809. The molecular weight excluding hydrogens is 260 g/mol. The zero-order chi connectivity index (χ0) is 13.5. The highest BCUT2D eigenvalue weighted by atomic mass is 32.1. The molecule has 0 aromatic carbocycles. The van der Waals surface area contributed by atoms with Gasteiger partial charge < -0.3 is 11.1 Å². The van der Waals surface area contributed by atoms with E-state index in [1.807, 2.05) is 0 Å². The van der Waals surface area contributed by atoms with E-state index < -0.39 is 0 Å². The van der Waals surface area contributed by atoms with Gasteiger partial charge in [0.15, 0.2) is 0 Å². The van der Waals surface area contributed by atoms with Crippen molar-refractivity contribution in [3.63, 3.8) is 0 Å². The third-order valence-electron chi connectivity index (χ3n) is 2.25. The molecule has 0 aliphatic carbocycles. The second kappa shape index (κ2) is 6.64. The van der Waals surface area contributed by atoms with Crippen molar-refractivity contribution in [2.45, 2.75) is 6.54 Å². The highest BCUT2D eigenvalue weighted by Crippen LogP contribution is 2.13. The van der Waals surface area contributed by atoms with Gasteiger partial charge in [0.25, 0.3) is 5.91 Å². The molecule has 0 aliphatic rings. The molecule has 2 heterocycles. The van der Waals surface area contributed by atoms with E-state index in [0.717, 1.165) is 10.6 Å². The van der Waals surface area contributed by atoms with E-state index in [1.54, 1.807) is 23.7 Å². The van der Waals surface area contributed by atoms with E-state index in [-0.39, 0.29) is 5.91 Å². The fourth-order valence-corrected chi connectivity index (χ4v) is 2.11. The van der Waals surface area contributed by atoms with Crippen LogP contribution in [0.3, 0.4) is 0 Å². The van der Waals surface area contributed by atoms with Crippen molar-refractivity contribution >= 4 is 17.2 Å². The summed E-state index contributed by atoms with van der Waals surface area (Å²) < 4.78 is 0. The summed E-state index contributed by atoms with van der Waals surface area (Å²) in [6.45, 7) is 0.689. The van der Waals surface area contributed by atoms with Crippen LogP contribution < -0.4 is 11.1 Å². The maximum absolute atomic E-state index is 11.9. The number of aromatic nitrogens is 2. The van der Waals surface area contributed by atoms with Crippen molar-refractivity contribution in [2.24, 2.45) is 5.73 Å². The lowest BCUT2D eigenvalue weighted by Crippen LogP contribution is -2.22. The highest BCUT2D eigenvalue weighted by molar-refractivity contribution is 7.10. The summed E-state index contributed by atoms with van der Waals surface area (Å²) in [5.74, 6) is 5.51. The highest BCUT2D eigenvalue weighted by Gasteiger charge is 2.07. The molecule has 96 valence electrons. The third-order valence-corrected chi connectivity index (χ3v) is 3.09. The van der Waals surface area contributed by atoms with Crippen LogP contribution in [0.2, 0.25) is 0 Å². The lowest BCUT2D eigenvalue weighted by molar-refractivity contribution is 0.0951. The summed E-state index contributed by atoms with van der Waals surface area (Å²) in [6, 6.07) is 3.51. The first-order valence-corrected chi connectivity index (χ1v) is 6.48. The molecule has 19 heavy (non-hydrogen) atoms. The number of amides is 1. The van der Waals surface area contributed by atoms with Crippen LogP contribution in [-0.2, 0) is 6.54 Å². The molecular formula is C13H12N4OS. The predicted molar refractivity (Wildman–Crippen MR) is 73.5 cm³/mol. The Kier molecular flexibility index (Phi) is 4.61. The second-order valence-corrected chi connectivity index (χ2v) is 4.50. The number of nitrogens with one attached hydrogen (secondary N) is 1. The molecule has 0 saturated heterocycles. The monoisotopic (exact) mass is 272 g/mol. The van der Waals surface area contributed by atoms with Gasteiger partial charge in [-0.25, -0.2) is 9.97 Å². The Morgan fingerprint density at radius 2 is 2.42 bits per heavy atom. The Hall–Kier alpha value is -2.23. The van der Waals surface area contributed by atoms with E-state index in [4.69, 9.17) is 5.73 Å². The molecule has 0 aliphatic heterocycles. The summed E-state index contributed by atoms with van der Waals surface area (Å²) in [7, 11) is 0. The van der Waals surface area contributed by atoms with Gasteiger partial charge in [0, 0.05) is 11.6 Å². The van der Waals surface area contributed by atoms with Crippen LogP contribution in [0.4, 0.5) is 0 Å². The lowest BCUT2D eigenvalue weighted by atomic mass is 10.3. The van der Waals surface area contributed by atoms with Gasteiger partial charge in [-0.15, -0.1) is 11.3 Å². The van der Waals surface area contributed by atoms with Crippen LogP contribution >= 0.6 is 11.3 Å². The van der Waals surface area contributed by atoms with Crippen LogP contribution in [0, 0.1) is 11.8 Å². The molecule has 0 atom stereocenters. The van der Waals surface area contributed by atoms with E-state index in [2.05, 4.69) is 27.1 Å². The van der Waals surface area contributed by atoms with E-state index in [1.165, 1.54) is 17.7 Å². The second-order valence-electron chi connectivity index (χ2n) is 3.59. The van der Waals surface area contributed by atoms with Gasteiger partial charge in [0.1, 0.15) is 6.33 Å².